The molecule has 2 aromatic carbocycles. The predicted molar refractivity (Wildman–Crippen MR) is 102 cm³/mol. The average molecular weight is 435 g/mol. The molecule has 2 rings (SSSR count). The number of ether oxygens (including phenoxy) is 1. The van der Waals surface area contributed by atoms with Gasteiger partial charge in [0.05, 0.1) is 7.11 Å². The van der Waals surface area contributed by atoms with Crippen molar-refractivity contribution in [2.45, 2.75) is 12.0 Å². The molecule has 0 bridgehead atoms. The van der Waals surface area contributed by atoms with Gasteiger partial charge in [-0.3, -0.25) is 4.79 Å². The van der Waals surface area contributed by atoms with Gasteiger partial charge < -0.3 is 10.1 Å². The Hall–Kier alpha value is -2.15. The van der Waals surface area contributed by atoms with Crippen LogP contribution in [0.3, 0.4) is 0 Å². The number of carbonyl (C=O) groups is 2. The second-order valence-corrected chi connectivity index (χ2v) is 5.96. The molecule has 0 spiro atoms. The Labute approximate surface area is 155 Å². The minimum absolute atomic E-state index is 0.304. The van der Waals surface area contributed by atoms with Crippen molar-refractivity contribution in [3.63, 3.8) is 0 Å². The van der Waals surface area contributed by atoms with E-state index in [9.17, 15) is 9.59 Å². The predicted octanol–water partition coefficient (Wildman–Crippen LogP) is 3.52. The second-order valence-electron chi connectivity index (χ2n) is 5.24. The number of amides is 1. The molecule has 2 aromatic rings. The van der Waals surface area contributed by atoms with Gasteiger partial charge in [0, 0.05) is 12.0 Å². The molecular formula is C19H18INO3. The molecule has 0 saturated carbocycles. The molecule has 0 heterocycles. The Bertz CT molecular complexity index is 716. The summed E-state index contributed by atoms with van der Waals surface area (Å²) in [7, 11) is 1.32. The topological polar surface area (TPSA) is 55.4 Å². The van der Waals surface area contributed by atoms with Crippen LogP contribution in [0.25, 0.3) is 0 Å². The first kappa shape index (κ1) is 18.2. The molecule has 124 valence electrons. The number of nitrogens with one attached hydrogen (secondary N) is 1. The zero-order chi connectivity index (χ0) is 17.4. The molecule has 0 aromatic heterocycles. The molecule has 1 N–H and O–H groups in total. The van der Waals surface area contributed by atoms with Gasteiger partial charge in [-0.05, 0) is 27.9 Å². The monoisotopic (exact) mass is 435 g/mol. The van der Waals surface area contributed by atoms with E-state index in [0.29, 0.717) is 12.0 Å². The summed E-state index contributed by atoms with van der Waals surface area (Å²) < 4.78 is 6.68. The third-order valence-corrected chi connectivity index (χ3v) is 3.96. The van der Waals surface area contributed by atoms with E-state index in [2.05, 4.69) is 5.32 Å². The molecule has 0 saturated heterocycles. The zero-order valence-electron chi connectivity index (χ0n) is 13.2. The molecule has 4 nitrogen and oxygen atoms in total. The maximum atomic E-state index is 12.6. The molecule has 0 aliphatic rings. The van der Waals surface area contributed by atoms with Gasteiger partial charge in [0.1, 0.15) is 0 Å². The second kappa shape index (κ2) is 8.63. The largest absolute Gasteiger partial charge is 0.467 e. The molecule has 0 aliphatic carbocycles. The van der Waals surface area contributed by atoms with Gasteiger partial charge in [-0.1, -0.05) is 71.1 Å². The SMILES string of the molecule is COC(=O)[C@@](/C=C/I)(Cc1ccccc1)NC(=O)c1ccccc1. The van der Waals surface area contributed by atoms with Crippen LogP contribution in [-0.4, -0.2) is 24.5 Å². The summed E-state index contributed by atoms with van der Waals surface area (Å²) >= 11 is 2.03. The number of benzene rings is 2. The average Bonchev–Trinajstić information content (AvgIpc) is 2.62. The molecule has 0 fully saturated rings. The van der Waals surface area contributed by atoms with Crippen LogP contribution in [0.4, 0.5) is 0 Å². The summed E-state index contributed by atoms with van der Waals surface area (Å²) in [6.07, 6.45) is 1.96. The van der Waals surface area contributed by atoms with Gasteiger partial charge in [0.2, 0.25) is 0 Å². The van der Waals surface area contributed by atoms with Crippen LogP contribution in [0.1, 0.15) is 15.9 Å². The molecule has 1 atom stereocenters. The van der Waals surface area contributed by atoms with Crippen LogP contribution in [0.5, 0.6) is 0 Å². The highest BCUT2D eigenvalue weighted by atomic mass is 127. The van der Waals surface area contributed by atoms with Crippen molar-refractivity contribution in [3.05, 3.63) is 81.9 Å². The molecule has 5 heteroatoms. The van der Waals surface area contributed by atoms with Crippen LogP contribution < -0.4 is 5.32 Å². The highest BCUT2D eigenvalue weighted by molar-refractivity contribution is 14.1. The minimum atomic E-state index is -1.26. The Morgan fingerprint density at radius 2 is 1.67 bits per heavy atom. The van der Waals surface area contributed by atoms with Crippen molar-refractivity contribution in [3.8, 4) is 0 Å². The van der Waals surface area contributed by atoms with E-state index in [1.165, 1.54) is 7.11 Å². The molecule has 24 heavy (non-hydrogen) atoms. The van der Waals surface area contributed by atoms with Crippen molar-refractivity contribution in [2.24, 2.45) is 0 Å². The zero-order valence-corrected chi connectivity index (χ0v) is 15.4. The van der Waals surface area contributed by atoms with Crippen molar-refractivity contribution >= 4 is 34.5 Å². The molecule has 0 aliphatic heterocycles. The van der Waals surface area contributed by atoms with E-state index >= 15 is 0 Å². The summed E-state index contributed by atoms with van der Waals surface area (Å²) in [6.45, 7) is 0. The Balaban J connectivity index is 2.37. The first-order valence-electron chi connectivity index (χ1n) is 7.39. The van der Waals surface area contributed by atoms with Gasteiger partial charge in [-0.25, -0.2) is 4.79 Å². The number of carbonyl (C=O) groups excluding carboxylic acids is 2. The standard InChI is InChI=1S/C19H18INO3/c1-24-18(23)19(12-13-20,14-15-8-4-2-5-9-15)21-17(22)16-10-6-3-7-11-16/h2-13H,14H2,1H3,(H,21,22)/b13-12+/t19-/m1/s1. The van der Waals surface area contributed by atoms with Crippen LogP contribution in [-0.2, 0) is 16.0 Å². The highest BCUT2D eigenvalue weighted by Crippen LogP contribution is 2.19. The van der Waals surface area contributed by atoms with Crippen LogP contribution in [0.15, 0.2) is 70.8 Å². The van der Waals surface area contributed by atoms with Crippen molar-refractivity contribution in [1.82, 2.24) is 5.32 Å². The number of halogens is 1. The van der Waals surface area contributed by atoms with Gasteiger partial charge in [-0.2, -0.15) is 0 Å². The molecule has 0 radical (unpaired) electrons. The molecule has 0 unspecified atom stereocenters. The third kappa shape index (κ3) is 4.44. The Morgan fingerprint density at radius 1 is 1.08 bits per heavy atom. The van der Waals surface area contributed by atoms with E-state index in [0.717, 1.165) is 5.56 Å². The minimum Gasteiger partial charge on any atom is -0.467 e. The normalized spacial score (nSPS) is 13.2. The van der Waals surface area contributed by atoms with Crippen LogP contribution in [0.2, 0.25) is 0 Å². The number of methoxy groups -OCH3 is 1. The van der Waals surface area contributed by atoms with Gasteiger partial charge >= 0.3 is 5.97 Å². The van der Waals surface area contributed by atoms with E-state index in [-0.39, 0.29) is 5.91 Å². The maximum Gasteiger partial charge on any atom is 0.336 e. The Kier molecular flexibility index (Phi) is 6.54. The fourth-order valence-electron chi connectivity index (χ4n) is 2.41. The van der Waals surface area contributed by atoms with E-state index in [1.54, 1.807) is 34.4 Å². The van der Waals surface area contributed by atoms with Crippen LogP contribution >= 0.6 is 22.6 Å². The van der Waals surface area contributed by atoms with E-state index in [4.69, 9.17) is 4.74 Å². The quantitative estimate of drug-likeness (QED) is 0.558. The molecular weight excluding hydrogens is 417 g/mol. The number of hydrogen-bond donors (Lipinski definition) is 1. The van der Waals surface area contributed by atoms with Crippen molar-refractivity contribution < 1.29 is 14.3 Å². The summed E-state index contributed by atoms with van der Waals surface area (Å²) in [4.78, 5) is 25.1. The fourth-order valence-corrected chi connectivity index (χ4v) is 3.02. The molecule has 1 amide bonds. The summed E-state index contributed by atoms with van der Waals surface area (Å²) in [5.74, 6) is -0.838. The number of esters is 1. The number of hydrogen-bond acceptors (Lipinski definition) is 3. The maximum absolute atomic E-state index is 12.6. The first-order chi connectivity index (χ1) is 11.6. The van der Waals surface area contributed by atoms with Gasteiger partial charge in [0.25, 0.3) is 5.91 Å². The Morgan fingerprint density at radius 3 is 2.21 bits per heavy atom. The van der Waals surface area contributed by atoms with Gasteiger partial charge in [-0.15, -0.1) is 0 Å². The fraction of sp³-hybridized carbons (Fsp3) is 0.158. The van der Waals surface area contributed by atoms with Gasteiger partial charge in [0.15, 0.2) is 5.54 Å². The van der Waals surface area contributed by atoms with E-state index < -0.39 is 11.5 Å². The lowest BCUT2D eigenvalue weighted by Crippen LogP contribution is -2.55. The lowest BCUT2D eigenvalue weighted by Gasteiger charge is -2.29. The smallest absolute Gasteiger partial charge is 0.336 e. The lowest BCUT2D eigenvalue weighted by atomic mass is 9.90. The number of rotatable bonds is 6. The van der Waals surface area contributed by atoms with Crippen molar-refractivity contribution in [2.75, 3.05) is 7.11 Å². The summed E-state index contributed by atoms with van der Waals surface area (Å²) in [5.41, 5.74) is 0.149. The van der Waals surface area contributed by atoms with Crippen LogP contribution in [0, 0.1) is 0 Å². The first-order valence-corrected chi connectivity index (χ1v) is 8.63. The highest BCUT2D eigenvalue weighted by Gasteiger charge is 2.39. The summed E-state index contributed by atoms with van der Waals surface area (Å²) in [5, 5.41) is 2.84. The third-order valence-electron chi connectivity index (χ3n) is 3.60. The summed E-state index contributed by atoms with van der Waals surface area (Å²) in [6, 6.07) is 18.3. The lowest BCUT2D eigenvalue weighted by molar-refractivity contribution is -0.146. The van der Waals surface area contributed by atoms with Crippen molar-refractivity contribution in [1.29, 1.82) is 0 Å². The van der Waals surface area contributed by atoms with E-state index in [1.807, 2.05) is 59.0 Å².